The Morgan fingerprint density at radius 1 is 0.739 bits per heavy atom. The summed E-state index contributed by atoms with van der Waals surface area (Å²) < 4.78 is 0. The van der Waals surface area contributed by atoms with Gasteiger partial charge >= 0.3 is 0 Å². The highest BCUT2D eigenvalue weighted by Gasteiger charge is 2.11. The first kappa shape index (κ1) is 16.7. The number of hydrazine groups is 2. The lowest BCUT2D eigenvalue weighted by atomic mass is 10.2. The van der Waals surface area contributed by atoms with Gasteiger partial charge in [-0.3, -0.25) is 20.4 Å². The first-order valence-corrected chi connectivity index (χ1v) is 7.20. The second kappa shape index (κ2) is 8.07. The van der Waals surface area contributed by atoms with Crippen molar-refractivity contribution in [3.05, 3.63) is 71.8 Å². The van der Waals surface area contributed by atoms with Crippen LogP contribution in [0.15, 0.2) is 60.7 Å². The van der Waals surface area contributed by atoms with Crippen molar-refractivity contribution in [2.75, 3.05) is 20.8 Å². The number of amides is 2. The van der Waals surface area contributed by atoms with Gasteiger partial charge in [-0.15, -0.1) is 0 Å². The fraction of sp³-hybridized carbons (Fsp3) is 0.176. The molecule has 6 heteroatoms. The van der Waals surface area contributed by atoms with E-state index in [1.807, 2.05) is 12.1 Å². The van der Waals surface area contributed by atoms with Crippen LogP contribution in [0, 0.1) is 0 Å². The van der Waals surface area contributed by atoms with E-state index in [1.54, 1.807) is 72.6 Å². The Hall–Kier alpha value is -2.70. The van der Waals surface area contributed by atoms with Crippen LogP contribution in [-0.4, -0.2) is 42.6 Å². The number of carbonyl (C=O) groups is 2. The maximum atomic E-state index is 12.0. The van der Waals surface area contributed by atoms with Crippen molar-refractivity contribution in [2.45, 2.75) is 0 Å². The van der Waals surface area contributed by atoms with Gasteiger partial charge in [-0.2, -0.15) is 0 Å². The Morgan fingerprint density at radius 3 is 1.43 bits per heavy atom. The van der Waals surface area contributed by atoms with Gasteiger partial charge in [0.2, 0.25) is 0 Å². The van der Waals surface area contributed by atoms with Gasteiger partial charge < -0.3 is 0 Å². The molecule has 0 radical (unpaired) electrons. The smallest absolute Gasteiger partial charge is 0.265 e. The van der Waals surface area contributed by atoms with Gasteiger partial charge in [0.15, 0.2) is 0 Å². The quantitative estimate of drug-likeness (QED) is 0.627. The Kier molecular flexibility index (Phi) is 5.85. The van der Waals surface area contributed by atoms with Crippen LogP contribution >= 0.6 is 0 Å². The summed E-state index contributed by atoms with van der Waals surface area (Å²) in [6.45, 7) is 0.331. The van der Waals surface area contributed by atoms with Crippen LogP contribution in [0.5, 0.6) is 0 Å². The first-order valence-electron chi connectivity index (χ1n) is 7.20. The third kappa shape index (κ3) is 5.21. The van der Waals surface area contributed by atoms with E-state index in [1.165, 1.54) is 0 Å². The summed E-state index contributed by atoms with van der Waals surface area (Å²) in [6.07, 6.45) is 0. The number of hydrogen-bond acceptors (Lipinski definition) is 4. The maximum Gasteiger partial charge on any atom is 0.265 e. The molecule has 6 nitrogen and oxygen atoms in total. The van der Waals surface area contributed by atoms with E-state index in [2.05, 4.69) is 10.9 Å². The monoisotopic (exact) mass is 312 g/mol. The Morgan fingerprint density at radius 2 is 1.09 bits per heavy atom. The summed E-state index contributed by atoms with van der Waals surface area (Å²) in [6, 6.07) is 17.9. The average Bonchev–Trinajstić information content (AvgIpc) is 2.56. The minimum atomic E-state index is -0.198. The molecule has 0 aromatic heterocycles. The van der Waals surface area contributed by atoms with Crippen LogP contribution in [0.2, 0.25) is 0 Å². The minimum absolute atomic E-state index is 0.198. The second-order valence-electron chi connectivity index (χ2n) is 5.15. The largest absolute Gasteiger partial charge is 0.284 e. The lowest BCUT2D eigenvalue weighted by molar-refractivity contribution is 0.0574. The molecule has 2 rings (SSSR count). The normalized spacial score (nSPS) is 10.6. The van der Waals surface area contributed by atoms with Gasteiger partial charge in [-0.1, -0.05) is 36.4 Å². The molecular formula is C17H20N4O2. The number of rotatable bonds is 6. The minimum Gasteiger partial charge on any atom is -0.284 e. The topological polar surface area (TPSA) is 64.7 Å². The summed E-state index contributed by atoms with van der Waals surface area (Å²) in [4.78, 5) is 24.0. The molecule has 0 fully saturated rings. The highest BCUT2D eigenvalue weighted by molar-refractivity contribution is 5.94. The molecular weight excluding hydrogens is 292 g/mol. The number of hydrogen-bond donors (Lipinski definition) is 2. The lowest BCUT2D eigenvalue weighted by Gasteiger charge is -2.25. The van der Waals surface area contributed by atoms with Gasteiger partial charge in [0.05, 0.1) is 6.67 Å². The summed E-state index contributed by atoms with van der Waals surface area (Å²) in [5.41, 5.74) is 6.64. The van der Waals surface area contributed by atoms with E-state index >= 15 is 0 Å². The fourth-order valence-electron chi connectivity index (χ4n) is 2.04. The molecule has 0 heterocycles. The van der Waals surface area contributed by atoms with E-state index in [9.17, 15) is 9.59 Å². The van der Waals surface area contributed by atoms with Gasteiger partial charge in [0.1, 0.15) is 0 Å². The molecule has 0 atom stereocenters. The van der Waals surface area contributed by atoms with E-state index in [-0.39, 0.29) is 11.8 Å². The molecule has 2 amide bonds. The van der Waals surface area contributed by atoms with Crippen LogP contribution in [0.25, 0.3) is 0 Å². The van der Waals surface area contributed by atoms with Gasteiger partial charge in [0.25, 0.3) is 11.8 Å². The fourth-order valence-corrected chi connectivity index (χ4v) is 2.04. The number of benzene rings is 2. The van der Waals surface area contributed by atoms with Crippen LogP contribution in [-0.2, 0) is 0 Å². The molecule has 0 aliphatic heterocycles. The molecule has 120 valence electrons. The van der Waals surface area contributed by atoms with Crippen molar-refractivity contribution < 1.29 is 9.59 Å². The predicted octanol–water partition coefficient (Wildman–Crippen LogP) is 1.50. The van der Waals surface area contributed by atoms with Crippen LogP contribution in [0.3, 0.4) is 0 Å². The Bertz CT molecular complexity index is 589. The molecule has 0 bridgehead atoms. The molecule has 2 aromatic carbocycles. The third-order valence-electron chi connectivity index (χ3n) is 3.08. The Labute approximate surface area is 135 Å². The van der Waals surface area contributed by atoms with Gasteiger partial charge in [-0.05, 0) is 24.3 Å². The van der Waals surface area contributed by atoms with Crippen molar-refractivity contribution >= 4 is 11.8 Å². The third-order valence-corrected chi connectivity index (χ3v) is 3.08. The van der Waals surface area contributed by atoms with E-state index in [0.717, 1.165) is 0 Å². The van der Waals surface area contributed by atoms with E-state index < -0.39 is 0 Å². The average molecular weight is 312 g/mol. The summed E-state index contributed by atoms with van der Waals surface area (Å²) >= 11 is 0. The number of carbonyl (C=O) groups excluding carboxylic acids is 2. The number of nitrogens with zero attached hydrogens (tertiary/aromatic N) is 2. The van der Waals surface area contributed by atoms with Crippen molar-refractivity contribution in [3.63, 3.8) is 0 Å². The van der Waals surface area contributed by atoms with E-state index in [0.29, 0.717) is 17.8 Å². The maximum absolute atomic E-state index is 12.0. The zero-order chi connectivity index (χ0) is 16.7. The zero-order valence-corrected chi connectivity index (χ0v) is 13.2. The molecule has 2 aromatic rings. The van der Waals surface area contributed by atoms with Crippen molar-refractivity contribution in [1.82, 2.24) is 20.9 Å². The molecule has 0 saturated heterocycles. The van der Waals surface area contributed by atoms with Crippen molar-refractivity contribution in [3.8, 4) is 0 Å². The molecule has 23 heavy (non-hydrogen) atoms. The summed E-state index contributed by atoms with van der Waals surface area (Å²) in [5, 5.41) is 3.20. The summed E-state index contributed by atoms with van der Waals surface area (Å²) in [7, 11) is 3.46. The second-order valence-corrected chi connectivity index (χ2v) is 5.15. The molecule has 0 unspecified atom stereocenters. The molecule has 0 aliphatic rings. The predicted molar refractivity (Wildman–Crippen MR) is 88.2 cm³/mol. The lowest BCUT2D eigenvalue weighted by Crippen LogP contribution is -2.50. The van der Waals surface area contributed by atoms with Crippen molar-refractivity contribution in [2.24, 2.45) is 0 Å². The van der Waals surface area contributed by atoms with Gasteiger partial charge in [0, 0.05) is 25.2 Å². The number of nitrogens with one attached hydrogen (secondary N) is 2. The summed E-state index contributed by atoms with van der Waals surface area (Å²) in [5.74, 6) is -0.397. The molecule has 0 aliphatic carbocycles. The molecule has 0 spiro atoms. The van der Waals surface area contributed by atoms with Crippen LogP contribution < -0.4 is 10.9 Å². The van der Waals surface area contributed by atoms with Crippen LogP contribution in [0.4, 0.5) is 0 Å². The van der Waals surface area contributed by atoms with Gasteiger partial charge in [-0.25, -0.2) is 10.0 Å². The highest BCUT2D eigenvalue weighted by atomic mass is 16.2. The zero-order valence-electron chi connectivity index (χ0n) is 13.2. The SMILES string of the molecule is CN(CN(C)NC(=O)c1ccccc1)NC(=O)c1ccccc1. The molecule has 2 N–H and O–H groups in total. The first-order chi connectivity index (χ1) is 11.1. The Balaban J connectivity index is 1.82. The van der Waals surface area contributed by atoms with Crippen molar-refractivity contribution in [1.29, 1.82) is 0 Å². The highest BCUT2D eigenvalue weighted by Crippen LogP contribution is 1.99. The van der Waals surface area contributed by atoms with E-state index in [4.69, 9.17) is 0 Å². The molecule has 0 saturated carbocycles. The van der Waals surface area contributed by atoms with Crippen LogP contribution in [0.1, 0.15) is 20.7 Å². The standard InChI is InChI=1S/C17H20N4O2/c1-20(18-16(22)14-9-5-3-6-10-14)13-21(2)19-17(23)15-11-7-4-8-12-15/h3-12H,13H2,1-2H3,(H,18,22)(H,19,23).